The van der Waals surface area contributed by atoms with Gasteiger partial charge in [0.15, 0.2) is 0 Å². The van der Waals surface area contributed by atoms with E-state index in [2.05, 4.69) is 10.2 Å². The smallest absolute Gasteiger partial charge is 0.272 e. The third-order valence-electron chi connectivity index (χ3n) is 2.04. The van der Waals surface area contributed by atoms with Gasteiger partial charge in [-0.3, -0.25) is 19.8 Å². The van der Waals surface area contributed by atoms with Crippen molar-refractivity contribution in [2.45, 2.75) is 0 Å². The van der Waals surface area contributed by atoms with Gasteiger partial charge in [-0.05, 0) is 12.1 Å². The Bertz CT molecular complexity index is 611. The Kier molecular flexibility index (Phi) is 1.57. The molecule has 2 rings (SSSR count). The zero-order valence-corrected chi connectivity index (χ0v) is 7.13. The van der Waals surface area contributed by atoms with Crippen LogP contribution in [0.1, 0.15) is 0 Å². The minimum atomic E-state index is -0.454. The lowest BCUT2D eigenvalue weighted by Gasteiger charge is -2.02. The highest BCUT2D eigenvalue weighted by atomic mass is 16.1. The summed E-state index contributed by atoms with van der Waals surface area (Å²) in [5.74, 6) is 0. The zero-order chi connectivity index (χ0) is 10.3. The second kappa shape index (κ2) is 2.63. The third kappa shape index (κ3) is 0.972. The van der Waals surface area contributed by atoms with Gasteiger partial charge in [0.2, 0.25) is 0 Å². The van der Waals surface area contributed by atoms with Crippen LogP contribution in [0.4, 0.5) is 11.4 Å². The first kappa shape index (κ1) is 8.36. The van der Waals surface area contributed by atoms with Crippen molar-refractivity contribution < 1.29 is 0 Å². The van der Waals surface area contributed by atoms with E-state index in [4.69, 9.17) is 11.5 Å². The Morgan fingerprint density at radius 3 is 2.36 bits per heavy atom. The second-order valence-electron chi connectivity index (χ2n) is 2.90. The van der Waals surface area contributed by atoms with Gasteiger partial charge in [-0.1, -0.05) is 0 Å². The summed E-state index contributed by atoms with van der Waals surface area (Å²) in [6.07, 6.45) is 0. The fourth-order valence-electron chi connectivity index (χ4n) is 1.31. The highest BCUT2D eigenvalue weighted by Gasteiger charge is 2.07. The fourth-order valence-corrected chi connectivity index (χ4v) is 1.31. The summed E-state index contributed by atoms with van der Waals surface area (Å²) in [7, 11) is 0. The zero-order valence-electron chi connectivity index (χ0n) is 7.13. The van der Waals surface area contributed by atoms with Gasteiger partial charge in [0.1, 0.15) is 0 Å². The molecule has 0 spiro atoms. The normalized spacial score (nSPS) is 10.6. The Balaban J connectivity index is 3.17. The van der Waals surface area contributed by atoms with E-state index in [0.717, 1.165) is 0 Å². The summed E-state index contributed by atoms with van der Waals surface area (Å²) in [5, 5.41) is 4.75. The maximum atomic E-state index is 11.3. The van der Waals surface area contributed by atoms with Gasteiger partial charge in [-0.15, -0.1) is 0 Å². The van der Waals surface area contributed by atoms with E-state index in [-0.39, 0.29) is 22.1 Å². The molecule has 0 aliphatic rings. The number of aromatic nitrogens is 2. The first-order valence-electron chi connectivity index (χ1n) is 3.90. The SMILES string of the molecule is Nc1ccc2c(=O)[nH][nH]c(=O)c2c1N. The molecular formula is C8H8N4O2. The average molecular weight is 192 g/mol. The van der Waals surface area contributed by atoms with Gasteiger partial charge in [0.05, 0.1) is 22.1 Å². The Morgan fingerprint density at radius 2 is 1.64 bits per heavy atom. The number of hydrogen-bond donors (Lipinski definition) is 4. The molecule has 0 amide bonds. The number of H-pyrrole nitrogens is 2. The van der Waals surface area contributed by atoms with Gasteiger partial charge in [0.25, 0.3) is 11.1 Å². The molecule has 14 heavy (non-hydrogen) atoms. The van der Waals surface area contributed by atoms with Crippen molar-refractivity contribution in [1.82, 2.24) is 10.2 Å². The summed E-state index contributed by atoms with van der Waals surface area (Å²) in [4.78, 5) is 22.6. The Morgan fingerprint density at radius 1 is 1.00 bits per heavy atom. The summed E-state index contributed by atoms with van der Waals surface area (Å²) in [6, 6.07) is 2.96. The van der Waals surface area contributed by atoms with Crippen molar-refractivity contribution in [1.29, 1.82) is 0 Å². The number of benzene rings is 1. The molecule has 6 nitrogen and oxygen atoms in total. The highest BCUT2D eigenvalue weighted by molar-refractivity contribution is 5.96. The van der Waals surface area contributed by atoms with Crippen LogP contribution in [0.2, 0.25) is 0 Å². The predicted molar refractivity (Wildman–Crippen MR) is 54.0 cm³/mol. The molecular weight excluding hydrogens is 184 g/mol. The molecule has 6 heteroatoms. The lowest BCUT2D eigenvalue weighted by atomic mass is 10.1. The molecule has 72 valence electrons. The van der Waals surface area contributed by atoms with Crippen LogP contribution in [0.25, 0.3) is 10.8 Å². The summed E-state index contributed by atoms with van der Waals surface area (Å²) in [6.45, 7) is 0. The maximum absolute atomic E-state index is 11.3. The summed E-state index contributed by atoms with van der Waals surface area (Å²) < 4.78 is 0. The molecule has 1 aromatic carbocycles. The van der Waals surface area contributed by atoms with Crippen LogP contribution in [0, 0.1) is 0 Å². The van der Waals surface area contributed by atoms with Gasteiger partial charge >= 0.3 is 0 Å². The molecule has 0 aliphatic carbocycles. The van der Waals surface area contributed by atoms with E-state index in [9.17, 15) is 9.59 Å². The number of nitrogens with one attached hydrogen (secondary N) is 2. The van der Waals surface area contributed by atoms with Crippen molar-refractivity contribution in [3.63, 3.8) is 0 Å². The first-order valence-corrected chi connectivity index (χ1v) is 3.90. The predicted octanol–water partition coefficient (Wildman–Crippen LogP) is -0.619. The number of nitrogen functional groups attached to an aromatic ring is 2. The molecule has 0 bridgehead atoms. The van der Waals surface area contributed by atoms with Crippen LogP contribution < -0.4 is 22.6 Å². The lowest BCUT2D eigenvalue weighted by molar-refractivity contribution is 0.977. The summed E-state index contributed by atoms with van der Waals surface area (Å²) >= 11 is 0. The number of fused-ring (bicyclic) bond motifs is 1. The molecule has 0 aliphatic heterocycles. The molecule has 2 aromatic rings. The van der Waals surface area contributed by atoms with E-state index in [1.807, 2.05) is 0 Å². The van der Waals surface area contributed by atoms with Crippen LogP contribution in [0.3, 0.4) is 0 Å². The first-order chi connectivity index (χ1) is 6.61. The maximum Gasteiger partial charge on any atom is 0.272 e. The molecule has 6 N–H and O–H groups in total. The minimum absolute atomic E-state index is 0.133. The largest absolute Gasteiger partial charge is 0.397 e. The van der Waals surface area contributed by atoms with E-state index < -0.39 is 11.1 Å². The topological polar surface area (TPSA) is 118 Å². The third-order valence-corrected chi connectivity index (χ3v) is 2.04. The number of anilines is 2. The molecule has 0 unspecified atom stereocenters. The van der Waals surface area contributed by atoms with Crippen molar-refractivity contribution >= 4 is 22.1 Å². The van der Waals surface area contributed by atoms with Gasteiger partial charge < -0.3 is 11.5 Å². The molecule has 0 saturated heterocycles. The van der Waals surface area contributed by atoms with Crippen LogP contribution in [-0.2, 0) is 0 Å². The fraction of sp³-hybridized carbons (Fsp3) is 0. The van der Waals surface area contributed by atoms with Crippen LogP contribution in [0.15, 0.2) is 21.7 Å². The second-order valence-corrected chi connectivity index (χ2v) is 2.90. The number of aromatic amines is 2. The average Bonchev–Trinajstić information content (AvgIpc) is 2.16. The number of nitrogens with two attached hydrogens (primary N) is 2. The van der Waals surface area contributed by atoms with Gasteiger partial charge in [0, 0.05) is 0 Å². The lowest BCUT2D eigenvalue weighted by Crippen LogP contribution is -2.20. The van der Waals surface area contributed by atoms with Gasteiger partial charge in [-0.25, -0.2) is 0 Å². The van der Waals surface area contributed by atoms with Gasteiger partial charge in [-0.2, -0.15) is 0 Å². The van der Waals surface area contributed by atoms with Crippen LogP contribution >= 0.6 is 0 Å². The molecule has 0 atom stereocenters. The molecule has 0 fully saturated rings. The van der Waals surface area contributed by atoms with E-state index in [1.165, 1.54) is 12.1 Å². The van der Waals surface area contributed by atoms with Crippen molar-refractivity contribution in [3.05, 3.63) is 32.8 Å². The molecule has 1 heterocycles. The van der Waals surface area contributed by atoms with E-state index >= 15 is 0 Å². The molecule has 0 saturated carbocycles. The number of hydrogen-bond acceptors (Lipinski definition) is 4. The number of rotatable bonds is 0. The van der Waals surface area contributed by atoms with Crippen molar-refractivity contribution in [3.8, 4) is 0 Å². The monoisotopic (exact) mass is 192 g/mol. The van der Waals surface area contributed by atoms with Crippen molar-refractivity contribution in [2.24, 2.45) is 0 Å². The van der Waals surface area contributed by atoms with Crippen LogP contribution in [0.5, 0.6) is 0 Å². The van der Waals surface area contributed by atoms with E-state index in [1.54, 1.807) is 0 Å². The quantitative estimate of drug-likeness (QED) is 0.416. The van der Waals surface area contributed by atoms with Crippen LogP contribution in [-0.4, -0.2) is 10.2 Å². The Hall–Kier alpha value is -2.24. The molecule has 1 aromatic heterocycles. The molecule has 0 radical (unpaired) electrons. The van der Waals surface area contributed by atoms with E-state index in [0.29, 0.717) is 0 Å². The van der Waals surface area contributed by atoms with Crippen molar-refractivity contribution in [2.75, 3.05) is 11.5 Å². The Labute approximate surface area is 77.5 Å². The summed E-state index contributed by atoms with van der Waals surface area (Å²) in [5.41, 5.74) is 10.7. The minimum Gasteiger partial charge on any atom is -0.397 e. The standard InChI is InChI=1S/C8H8N4O2/c9-4-2-1-3-5(6(4)10)8(14)12-11-7(3)13/h1-2H,9-10H2,(H,11,13)(H,12,14). The highest BCUT2D eigenvalue weighted by Crippen LogP contribution is 2.20.